The highest BCUT2D eigenvalue weighted by Gasteiger charge is 2.36. The molecule has 1 heterocycles. The SMILES string of the molecule is CC(C)C(=O)OC(CS(C)(=O)=O)c1ccccc1.CC(C)C(=O)OCC(c1ccccc1)c1ccccc1.CC(C)C(=O)OCC1c2ccccc2-c2ccccc21.CC(C)C(=O)OCC1c2ccccc2S(=O)(=O)c2ccccc21.CC(C)C(=O)OCCS(=O)(=O)c1ccccc1.CCC(OC(=O)C(C)C)c1ccccc1. The maximum absolute atomic E-state index is 12.8. The van der Waals surface area contributed by atoms with Crippen LogP contribution in [0.3, 0.4) is 0 Å². The molecule has 2 atom stereocenters. The number of carbonyl (C=O) groups excluding carboxylic acids is 6. The van der Waals surface area contributed by atoms with E-state index in [4.69, 9.17) is 28.4 Å². The molecule has 11 rings (SSSR count). The molecule has 0 saturated carbocycles. The number of hydrogen-bond donors (Lipinski definition) is 0. The smallest absolute Gasteiger partial charge is 0.309 e. The van der Waals surface area contributed by atoms with E-state index in [1.807, 2.05) is 133 Å². The van der Waals surface area contributed by atoms with Crippen LogP contribution in [0, 0.1) is 35.5 Å². The molecule has 21 heteroatoms. The Hall–Kier alpha value is -10.4. The van der Waals surface area contributed by atoms with Gasteiger partial charge in [-0.1, -0.05) is 314 Å². The van der Waals surface area contributed by atoms with Crippen molar-refractivity contribution in [1.29, 1.82) is 0 Å². The van der Waals surface area contributed by atoms with Gasteiger partial charge in [0.2, 0.25) is 9.84 Å². The van der Waals surface area contributed by atoms with Crippen LogP contribution in [-0.4, -0.2) is 105 Å². The summed E-state index contributed by atoms with van der Waals surface area (Å²) in [5, 5.41) is 0. The topological polar surface area (TPSA) is 260 Å². The minimum absolute atomic E-state index is 0.0669. The van der Waals surface area contributed by atoms with Crippen molar-refractivity contribution in [2.75, 3.05) is 44.2 Å². The molecule has 2 aliphatic rings. The van der Waals surface area contributed by atoms with Crippen LogP contribution in [0.5, 0.6) is 0 Å². The molecule has 0 spiro atoms. The number of benzene rings is 9. The molecule has 0 amide bonds. The zero-order valence-electron chi connectivity index (χ0n) is 67.0. The highest BCUT2D eigenvalue weighted by atomic mass is 32.2. The van der Waals surface area contributed by atoms with Crippen LogP contribution in [-0.2, 0) is 86.7 Å². The molecule has 113 heavy (non-hydrogen) atoms. The van der Waals surface area contributed by atoms with Gasteiger partial charge in [0.1, 0.15) is 38.6 Å². The van der Waals surface area contributed by atoms with E-state index in [1.54, 1.807) is 133 Å². The molecule has 0 aromatic heterocycles. The second-order valence-corrected chi connectivity index (χ2v) is 35.2. The Morgan fingerprint density at radius 2 is 0.655 bits per heavy atom. The molecular formula is C92H108O18S3. The molecule has 9 aromatic carbocycles. The number of fused-ring (bicyclic) bond motifs is 5. The largest absolute Gasteiger partial charge is 0.464 e. The summed E-state index contributed by atoms with van der Waals surface area (Å²) in [5.74, 6) is -2.87. The molecule has 1 aliphatic heterocycles. The summed E-state index contributed by atoms with van der Waals surface area (Å²) in [5.41, 5.74) is 10.5. The summed E-state index contributed by atoms with van der Waals surface area (Å²) < 4.78 is 104. The first-order valence-electron chi connectivity index (χ1n) is 38.0. The van der Waals surface area contributed by atoms with Gasteiger partial charge in [-0.25, -0.2) is 25.3 Å². The molecule has 1 aliphatic carbocycles. The zero-order valence-corrected chi connectivity index (χ0v) is 69.5. The van der Waals surface area contributed by atoms with Crippen molar-refractivity contribution in [2.45, 2.75) is 141 Å². The van der Waals surface area contributed by atoms with Crippen LogP contribution in [0.2, 0.25) is 0 Å². The van der Waals surface area contributed by atoms with Gasteiger partial charge in [0.15, 0.2) is 19.7 Å². The van der Waals surface area contributed by atoms with E-state index in [9.17, 15) is 54.0 Å². The maximum Gasteiger partial charge on any atom is 0.309 e. The van der Waals surface area contributed by atoms with Crippen LogP contribution in [0.15, 0.2) is 263 Å². The van der Waals surface area contributed by atoms with Crippen LogP contribution < -0.4 is 0 Å². The predicted octanol–water partition coefficient (Wildman–Crippen LogP) is 18.1. The van der Waals surface area contributed by atoms with Crippen molar-refractivity contribution < 1.29 is 82.4 Å². The number of hydrogen-bond acceptors (Lipinski definition) is 18. The van der Waals surface area contributed by atoms with Crippen molar-refractivity contribution in [1.82, 2.24) is 0 Å². The third kappa shape index (κ3) is 28.4. The van der Waals surface area contributed by atoms with Crippen LogP contribution in [0.4, 0.5) is 0 Å². The van der Waals surface area contributed by atoms with Crippen molar-refractivity contribution in [3.05, 3.63) is 293 Å². The first kappa shape index (κ1) is 91.5. The van der Waals surface area contributed by atoms with E-state index in [0.717, 1.165) is 29.4 Å². The second kappa shape index (κ2) is 44.8. The Morgan fingerprint density at radius 1 is 0.354 bits per heavy atom. The lowest BCUT2D eigenvalue weighted by Crippen LogP contribution is -2.24. The van der Waals surface area contributed by atoms with E-state index in [0.29, 0.717) is 39.7 Å². The Balaban J connectivity index is 0.000000212. The number of esters is 6. The van der Waals surface area contributed by atoms with E-state index in [-0.39, 0.29) is 119 Å². The fourth-order valence-electron chi connectivity index (χ4n) is 11.6. The highest BCUT2D eigenvalue weighted by molar-refractivity contribution is 7.92. The Labute approximate surface area is 668 Å². The fourth-order valence-corrected chi connectivity index (χ4v) is 15.3. The fraction of sp³-hybridized carbons (Fsp3) is 0.348. The van der Waals surface area contributed by atoms with Crippen LogP contribution >= 0.6 is 0 Å². The molecular weight excluding hydrogens is 1490 g/mol. The Bertz CT molecular complexity index is 4700. The van der Waals surface area contributed by atoms with Crippen molar-refractivity contribution in [3.63, 3.8) is 0 Å². The van der Waals surface area contributed by atoms with Gasteiger partial charge in [-0.2, -0.15) is 0 Å². The van der Waals surface area contributed by atoms with E-state index in [1.165, 1.54) is 34.4 Å². The summed E-state index contributed by atoms with van der Waals surface area (Å²) in [6, 6.07) is 77.7. The normalized spacial score (nSPS) is 13.0. The Morgan fingerprint density at radius 3 is 1.03 bits per heavy atom. The minimum atomic E-state index is -3.53. The highest BCUT2D eigenvalue weighted by Crippen LogP contribution is 2.45. The minimum Gasteiger partial charge on any atom is -0.464 e. The first-order valence-corrected chi connectivity index (χ1v) is 43.2. The van der Waals surface area contributed by atoms with Crippen LogP contribution in [0.1, 0.15) is 171 Å². The molecule has 2 unspecified atom stereocenters. The number of carbonyl (C=O) groups is 6. The number of rotatable bonds is 25. The van der Waals surface area contributed by atoms with Gasteiger partial charge in [0.25, 0.3) is 0 Å². The molecule has 0 saturated heterocycles. The lowest BCUT2D eigenvalue weighted by Gasteiger charge is -2.28. The first-order chi connectivity index (χ1) is 53.7. The molecule has 9 aromatic rings. The summed E-state index contributed by atoms with van der Waals surface area (Å²) >= 11 is 0. The summed E-state index contributed by atoms with van der Waals surface area (Å²) in [6.07, 6.45) is 1.09. The molecule has 602 valence electrons. The number of sulfone groups is 3. The summed E-state index contributed by atoms with van der Waals surface area (Å²) in [4.78, 5) is 70.2. The Kier molecular flexibility index (Phi) is 36.3. The zero-order chi connectivity index (χ0) is 83.0. The predicted molar refractivity (Wildman–Crippen MR) is 441 cm³/mol. The monoisotopic (exact) mass is 1600 g/mol. The third-order valence-corrected chi connectivity index (χ3v) is 22.4. The summed E-state index contributed by atoms with van der Waals surface area (Å²) in [6.45, 7) is 24.3. The maximum atomic E-state index is 12.8. The van der Waals surface area contributed by atoms with E-state index >= 15 is 0 Å². The summed E-state index contributed by atoms with van der Waals surface area (Å²) in [7, 11) is -10.1. The van der Waals surface area contributed by atoms with Gasteiger partial charge in [0, 0.05) is 24.0 Å². The van der Waals surface area contributed by atoms with Gasteiger partial charge in [-0.3, -0.25) is 28.8 Å². The molecule has 0 fully saturated rings. The van der Waals surface area contributed by atoms with Gasteiger partial charge in [0.05, 0.1) is 61.7 Å². The molecule has 18 nitrogen and oxygen atoms in total. The number of ether oxygens (including phenoxy) is 6. The molecule has 0 radical (unpaired) electrons. The van der Waals surface area contributed by atoms with Gasteiger partial charge in [-0.05, 0) is 86.3 Å². The van der Waals surface area contributed by atoms with E-state index in [2.05, 4.69) is 60.7 Å². The second-order valence-electron chi connectivity index (χ2n) is 29.0. The standard InChI is InChI=1S/C18H18O4S.C18H18O2.C18H20O2.C13H18O4S.C13H18O2.C12H16O4S/c1-12(2)18(19)22-11-15-13-7-3-5-9-16(13)23(20,21)17-10-6-4-8-14(15)17;1-12(2)18(19)20-11-17-15-9-5-3-7-13(15)14-8-4-6-10-16(14)17;1-14(2)18(19)20-13-17(15-9-5-3-6-10-15)16-11-7-4-8-12-16;1-10(2)13(14)17-12(9-18(3,15)16)11-7-5-4-6-8-11;1-4-12(15-13(14)10(2)3)11-8-6-5-7-9-11;1-10(2)12(13)16-8-9-17(14,15)11-6-4-3-5-7-11/h3-10,12,15H,11H2,1-2H3;3-10,12,17H,11H2,1-2H3;3-12,14,17H,13H2,1-2H3;4-8,10,12H,9H2,1-3H3;5-10,12H,4H2,1-3H3;3-7,10H,8-9H2,1-2H3. The van der Waals surface area contributed by atoms with Crippen molar-refractivity contribution in [2.24, 2.45) is 35.5 Å². The molecule has 0 bridgehead atoms. The quantitative estimate of drug-likeness (QED) is 0.0380. The molecule has 0 N–H and O–H groups in total. The van der Waals surface area contributed by atoms with Gasteiger partial charge >= 0.3 is 35.8 Å². The third-order valence-electron chi connectivity index (χ3n) is 17.9. The van der Waals surface area contributed by atoms with Crippen molar-refractivity contribution in [3.8, 4) is 11.1 Å². The van der Waals surface area contributed by atoms with Crippen LogP contribution in [0.25, 0.3) is 11.1 Å². The average molecular weight is 1600 g/mol. The lowest BCUT2D eigenvalue weighted by atomic mass is 9.91. The average Bonchev–Trinajstić information content (AvgIpc) is 0.887. The van der Waals surface area contributed by atoms with Crippen molar-refractivity contribution >= 4 is 65.3 Å². The van der Waals surface area contributed by atoms with Gasteiger partial charge < -0.3 is 28.4 Å². The van der Waals surface area contributed by atoms with E-state index < -0.39 is 41.6 Å². The van der Waals surface area contributed by atoms with Gasteiger partial charge in [-0.15, -0.1) is 0 Å². The lowest BCUT2D eigenvalue weighted by molar-refractivity contribution is -0.154.